The van der Waals surface area contributed by atoms with Crippen molar-refractivity contribution in [2.24, 2.45) is 0 Å². The molecule has 1 saturated heterocycles. The smallest absolute Gasteiger partial charge is 0.0706 e. The van der Waals surface area contributed by atoms with Crippen molar-refractivity contribution in [1.82, 2.24) is 16.0 Å². The molecule has 1 aliphatic rings. The largest absolute Gasteiger partial charge is 0.316 e. The Bertz CT molecular complexity index is 91.0. The van der Waals surface area contributed by atoms with Crippen molar-refractivity contribution < 1.29 is 0 Å². The fourth-order valence-corrected chi connectivity index (χ4v) is 1.48. The summed E-state index contributed by atoms with van der Waals surface area (Å²) in [5.74, 6) is 0. The third-order valence-corrected chi connectivity index (χ3v) is 2.41. The normalized spacial score (nSPS) is 24.6. The van der Waals surface area contributed by atoms with Gasteiger partial charge in [0, 0.05) is 0 Å². The number of rotatable bonds is 2. The van der Waals surface area contributed by atoms with Crippen LogP contribution in [0.3, 0.4) is 0 Å². The predicted molar refractivity (Wildman–Crippen MR) is 43.0 cm³/mol. The van der Waals surface area contributed by atoms with Crippen molar-refractivity contribution >= 4 is 0 Å². The Morgan fingerprint density at radius 3 is 1.90 bits per heavy atom. The molecular weight excluding hydrogens is 126 g/mol. The molecule has 3 heteroatoms. The zero-order chi connectivity index (χ0) is 7.45. The van der Waals surface area contributed by atoms with Crippen LogP contribution >= 0.6 is 0 Å². The molecule has 1 fully saturated rings. The molecule has 10 heavy (non-hydrogen) atoms. The molecule has 1 rings (SSSR count). The Balaban J connectivity index is 2.44. The number of piperidine rings is 1. The first-order valence-electron chi connectivity index (χ1n) is 3.91. The van der Waals surface area contributed by atoms with Crippen LogP contribution in [0.5, 0.6) is 0 Å². The van der Waals surface area contributed by atoms with Gasteiger partial charge in [0.25, 0.3) is 0 Å². The van der Waals surface area contributed by atoms with E-state index in [2.05, 4.69) is 16.0 Å². The van der Waals surface area contributed by atoms with E-state index in [1.807, 2.05) is 14.1 Å². The predicted octanol–water partition coefficient (Wildman–Crippen LogP) is -0.495. The fourth-order valence-electron chi connectivity index (χ4n) is 1.48. The van der Waals surface area contributed by atoms with E-state index in [1.54, 1.807) is 0 Å². The van der Waals surface area contributed by atoms with Gasteiger partial charge in [0.2, 0.25) is 0 Å². The summed E-state index contributed by atoms with van der Waals surface area (Å²) in [5, 5.41) is 9.96. The zero-order valence-electron chi connectivity index (χ0n) is 6.83. The maximum Gasteiger partial charge on any atom is 0.0706 e. The first kappa shape index (κ1) is 7.98. The summed E-state index contributed by atoms with van der Waals surface area (Å²) in [6.07, 6.45) is 2.33. The molecule has 0 saturated carbocycles. The third kappa shape index (κ3) is 1.48. The van der Waals surface area contributed by atoms with Crippen LogP contribution in [-0.2, 0) is 0 Å². The molecule has 60 valence electrons. The van der Waals surface area contributed by atoms with Crippen molar-refractivity contribution in [3.63, 3.8) is 0 Å². The van der Waals surface area contributed by atoms with Crippen LogP contribution in [0.1, 0.15) is 12.8 Å². The third-order valence-electron chi connectivity index (χ3n) is 2.41. The van der Waals surface area contributed by atoms with Crippen LogP contribution in [0.25, 0.3) is 0 Å². The van der Waals surface area contributed by atoms with Crippen LogP contribution in [-0.4, -0.2) is 32.8 Å². The minimum absolute atomic E-state index is 0.200. The molecule has 0 bridgehead atoms. The van der Waals surface area contributed by atoms with E-state index in [4.69, 9.17) is 0 Å². The summed E-state index contributed by atoms with van der Waals surface area (Å²) in [7, 11) is 4.03. The average Bonchev–Trinajstić information content (AvgIpc) is 2.06. The van der Waals surface area contributed by atoms with Gasteiger partial charge in [-0.05, 0) is 40.0 Å². The summed E-state index contributed by atoms with van der Waals surface area (Å²) in [6, 6.07) is 0. The Kier molecular flexibility index (Phi) is 2.65. The van der Waals surface area contributed by atoms with Crippen LogP contribution in [0.4, 0.5) is 0 Å². The first-order chi connectivity index (χ1) is 4.83. The number of hydrogen-bond acceptors (Lipinski definition) is 3. The second kappa shape index (κ2) is 3.32. The molecule has 0 atom stereocenters. The van der Waals surface area contributed by atoms with Gasteiger partial charge in [0.15, 0.2) is 0 Å². The van der Waals surface area contributed by atoms with Crippen molar-refractivity contribution in [3.8, 4) is 0 Å². The van der Waals surface area contributed by atoms with Crippen molar-refractivity contribution in [2.45, 2.75) is 18.5 Å². The summed E-state index contributed by atoms with van der Waals surface area (Å²) >= 11 is 0. The van der Waals surface area contributed by atoms with Crippen LogP contribution in [0.15, 0.2) is 0 Å². The monoisotopic (exact) mass is 143 g/mol. The van der Waals surface area contributed by atoms with Gasteiger partial charge in [-0.2, -0.15) is 0 Å². The first-order valence-corrected chi connectivity index (χ1v) is 3.91. The highest BCUT2D eigenvalue weighted by Crippen LogP contribution is 2.12. The van der Waals surface area contributed by atoms with E-state index < -0.39 is 0 Å². The molecule has 0 aromatic carbocycles. The Labute approximate surface area is 62.6 Å². The minimum Gasteiger partial charge on any atom is -0.316 e. The second-order valence-electron chi connectivity index (χ2n) is 2.83. The minimum atomic E-state index is 0.200. The Morgan fingerprint density at radius 1 is 1.10 bits per heavy atom. The summed E-state index contributed by atoms with van der Waals surface area (Å²) < 4.78 is 0. The van der Waals surface area contributed by atoms with E-state index in [9.17, 15) is 0 Å². The standard InChI is InChI=1S/C7H17N3/c1-8-7(9-2)3-5-10-6-4-7/h8-10H,3-6H2,1-2H3. The summed E-state index contributed by atoms with van der Waals surface area (Å²) in [4.78, 5) is 0. The highest BCUT2D eigenvalue weighted by Gasteiger charge is 2.27. The van der Waals surface area contributed by atoms with Gasteiger partial charge in [-0.3, -0.25) is 0 Å². The van der Waals surface area contributed by atoms with Gasteiger partial charge < -0.3 is 16.0 Å². The number of hydrogen-bond donors (Lipinski definition) is 3. The molecule has 0 aromatic heterocycles. The molecular formula is C7H17N3. The topological polar surface area (TPSA) is 36.1 Å². The lowest BCUT2D eigenvalue weighted by atomic mass is 9.99. The molecule has 0 aromatic rings. The van der Waals surface area contributed by atoms with Crippen LogP contribution in [0, 0.1) is 0 Å². The molecule has 0 unspecified atom stereocenters. The van der Waals surface area contributed by atoms with Gasteiger partial charge >= 0.3 is 0 Å². The zero-order valence-corrected chi connectivity index (χ0v) is 6.83. The van der Waals surface area contributed by atoms with E-state index in [1.165, 1.54) is 12.8 Å². The van der Waals surface area contributed by atoms with Gasteiger partial charge in [0.05, 0.1) is 5.66 Å². The molecule has 0 amide bonds. The molecule has 3 N–H and O–H groups in total. The highest BCUT2D eigenvalue weighted by atomic mass is 15.2. The fraction of sp³-hybridized carbons (Fsp3) is 1.00. The van der Waals surface area contributed by atoms with Crippen molar-refractivity contribution in [1.29, 1.82) is 0 Å². The molecule has 0 spiro atoms. The maximum absolute atomic E-state index is 3.33. The highest BCUT2D eigenvalue weighted by molar-refractivity contribution is 4.87. The van der Waals surface area contributed by atoms with Gasteiger partial charge in [-0.1, -0.05) is 0 Å². The van der Waals surface area contributed by atoms with Gasteiger partial charge in [-0.15, -0.1) is 0 Å². The van der Waals surface area contributed by atoms with Crippen molar-refractivity contribution in [2.75, 3.05) is 27.2 Å². The quantitative estimate of drug-likeness (QED) is 0.456. The molecule has 3 nitrogen and oxygen atoms in total. The van der Waals surface area contributed by atoms with E-state index in [0.29, 0.717) is 0 Å². The molecule has 1 aliphatic heterocycles. The van der Waals surface area contributed by atoms with Crippen LogP contribution in [0.2, 0.25) is 0 Å². The van der Waals surface area contributed by atoms with Gasteiger partial charge in [0.1, 0.15) is 0 Å². The second-order valence-corrected chi connectivity index (χ2v) is 2.83. The molecule has 1 heterocycles. The number of nitrogens with one attached hydrogen (secondary N) is 3. The van der Waals surface area contributed by atoms with Crippen molar-refractivity contribution in [3.05, 3.63) is 0 Å². The Morgan fingerprint density at radius 2 is 1.60 bits per heavy atom. The lowest BCUT2D eigenvalue weighted by Gasteiger charge is -2.37. The van der Waals surface area contributed by atoms with Crippen LogP contribution < -0.4 is 16.0 Å². The average molecular weight is 143 g/mol. The maximum atomic E-state index is 3.33. The lowest BCUT2D eigenvalue weighted by Crippen LogP contribution is -2.59. The SMILES string of the molecule is CNC1(NC)CCNCC1. The summed E-state index contributed by atoms with van der Waals surface area (Å²) in [6.45, 7) is 2.23. The van der Waals surface area contributed by atoms with Gasteiger partial charge in [-0.25, -0.2) is 0 Å². The lowest BCUT2D eigenvalue weighted by molar-refractivity contribution is 0.219. The molecule has 0 aliphatic carbocycles. The Hall–Kier alpha value is -0.120. The molecule has 0 radical (unpaired) electrons. The summed E-state index contributed by atoms with van der Waals surface area (Å²) in [5.41, 5.74) is 0.200. The van der Waals surface area contributed by atoms with E-state index in [-0.39, 0.29) is 5.66 Å². The van der Waals surface area contributed by atoms with E-state index >= 15 is 0 Å². The van der Waals surface area contributed by atoms with E-state index in [0.717, 1.165) is 13.1 Å².